The molecule has 2 heterocycles. The summed E-state index contributed by atoms with van der Waals surface area (Å²) < 4.78 is 52.9. The highest BCUT2D eigenvalue weighted by atomic mass is 79.9. The zero-order chi connectivity index (χ0) is 24.8. The van der Waals surface area contributed by atoms with E-state index < -0.39 is 23.2 Å². The summed E-state index contributed by atoms with van der Waals surface area (Å²) in [6.45, 7) is 1.74. The quantitative estimate of drug-likeness (QED) is 0.333. The van der Waals surface area contributed by atoms with Crippen molar-refractivity contribution in [1.29, 1.82) is 0 Å². The highest BCUT2D eigenvalue weighted by Crippen LogP contribution is 2.47. The molecule has 5 rings (SSSR count). The summed E-state index contributed by atoms with van der Waals surface area (Å²) in [4.78, 5) is 13.4. The molecule has 6 nitrogen and oxygen atoms in total. The van der Waals surface area contributed by atoms with Gasteiger partial charge in [0, 0.05) is 24.3 Å². The summed E-state index contributed by atoms with van der Waals surface area (Å²) in [5.41, 5.74) is -0.949. The molecule has 0 atom stereocenters. The van der Waals surface area contributed by atoms with Crippen molar-refractivity contribution in [1.82, 2.24) is 15.5 Å². The largest absolute Gasteiger partial charge is 0.449 e. The average molecular weight is 554 g/mol. The number of aryl methyl sites for hydroxylation is 2. The molecule has 0 unspecified atom stereocenters. The number of aromatic nitrogens is 2. The summed E-state index contributed by atoms with van der Waals surface area (Å²) in [5.74, 6) is 0.595. The summed E-state index contributed by atoms with van der Waals surface area (Å²) in [5, 5.41) is 11.3. The number of furan rings is 1. The Bertz CT molecular complexity index is 1240. The van der Waals surface area contributed by atoms with Gasteiger partial charge in [-0.2, -0.15) is 13.2 Å². The molecule has 3 aromatic rings. The Kier molecular flexibility index (Phi) is 6.44. The van der Waals surface area contributed by atoms with Crippen LogP contribution in [0.5, 0.6) is 0 Å². The molecule has 0 saturated heterocycles. The molecule has 2 aliphatic carbocycles. The van der Waals surface area contributed by atoms with Gasteiger partial charge < -0.3 is 14.2 Å². The zero-order valence-corrected chi connectivity index (χ0v) is 21.0. The minimum Gasteiger partial charge on any atom is -0.449 e. The Morgan fingerprint density at radius 3 is 2.54 bits per heavy atom. The van der Waals surface area contributed by atoms with Crippen molar-refractivity contribution in [3.63, 3.8) is 0 Å². The molecule has 2 aliphatic rings. The van der Waals surface area contributed by atoms with Crippen LogP contribution >= 0.6 is 15.9 Å². The van der Waals surface area contributed by atoms with Gasteiger partial charge in [-0.15, -0.1) is 10.2 Å². The second kappa shape index (κ2) is 9.26. The minimum atomic E-state index is -4.58. The number of alkyl halides is 3. The third kappa shape index (κ3) is 5.13. The number of nitrogens with zero attached hydrogens (tertiary/aromatic N) is 2. The number of hydrogen-bond donors (Lipinski definition) is 1. The lowest BCUT2D eigenvalue weighted by molar-refractivity contribution is -0.136. The molecule has 0 aliphatic heterocycles. The lowest BCUT2D eigenvalue weighted by atomic mass is 9.78. The third-order valence-electron chi connectivity index (χ3n) is 7.11. The van der Waals surface area contributed by atoms with Gasteiger partial charge in [0.05, 0.1) is 10.0 Å². The Balaban J connectivity index is 1.41. The van der Waals surface area contributed by atoms with Crippen molar-refractivity contribution in [2.24, 2.45) is 0 Å². The SMILES string of the molecule is Cc1nnc(CCCC2(NC(=O)c3oc4c(C(F)(F)F)cc(C5CC5)cc4c3Br)CCCCC2)o1. The highest BCUT2D eigenvalue weighted by molar-refractivity contribution is 9.10. The number of nitrogens with one attached hydrogen (secondary N) is 1. The lowest BCUT2D eigenvalue weighted by Crippen LogP contribution is -2.49. The van der Waals surface area contributed by atoms with E-state index in [4.69, 9.17) is 8.83 Å². The average Bonchev–Trinajstić information content (AvgIpc) is 3.50. The van der Waals surface area contributed by atoms with Crippen LogP contribution in [-0.2, 0) is 12.6 Å². The second-order valence-electron chi connectivity index (χ2n) is 9.83. The topological polar surface area (TPSA) is 81.2 Å². The molecular weight excluding hydrogens is 527 g/mol. The van der Waals surface area contributed by atoms with E-state index in [1.165, 1.54) is 6.07 Å². The van der Waals surface area contributed by atoms with Gasteiger partial charge in [-0.3, -0.25) is 4.79 Å². The first-order valence-electron chi connectivity index (χ1n) is 12.1. The van der Waals surface area contributed by atoms with E-state index in [-0.39, 0.29) is 27.1 Å². The minimum absolute atomic E-state index is 0.115. The van der Waals surface area contributed by atoms with Crippen LogP contribution in [0, 0.1) is 6.92 Å². The van der Waals surface area contributed by atoms with Crippen LogP contribution in [-0.4, -0.2) is 21.6 Å². The molecule has 188 valence electrons. The fourth-order valence-electron chi connectivity index (χ4n) is 5.18. The van der Waals surface area contributed by atoms with Crippen LogP contribution in [0.25, 0.3) is 11.0 Å². The molecule has 0 bridgehead atoms. The Hall–Kier alpha value is -2.36. The number of benzene rings is 1. The maximum absolute atomic E-state index is 13.8. The summed E-state index contributed by atoms with van der Waals surface area (Å²) in [6.07, 6.45) is 3.87. The van der Waals surface area contributed by atoms with Gasteiger partial charge in [0.25, 0.3) is 5.91 Å². The van der Waals surface area contributed by atoms with Crippen molar-refractivity contribution in [3.05, 3.63) is 45.3 Å². The molecule has 0 spiro atoms. The Morgan fingerprint density at radius 1 is 1.17 bits per heavy atom. The number of hydrogen-bond acceptors (Lipinski definition) is 5. The monoisotopic (exact) mass is 553 g/mol. The van der Waals surface area contributed by atoms with Gasteiger partial charge in [0.15, 0.2) is 0 Å². The van der Waals surface area contributed by atoms with Crippen molar-refractivity contribution in [3.8, 4) is 0 Å². The molecule has 2 aromatic heterocycles. The van der Waals surface area contributed by atoms with E-state index in [1.807, 2.05) is 0 Å². The van der Waals surface area contributed by atoms with E-state index in [9.17, 15) is 18.0 Å². The van der Waals surface area contributed by atoms with Crippen LogP contribution in [0.15, 0.2) is 25.4 Å². The number of carbonyl (C=O) groups is 1. The summed E-state index contributed by atoms with van der Waals surface area (Å²) in [7, 11) is 0. The first-order valence-corrected chi connectivity index (χ1v) is 12.9. The molecule has 1 N–H and O–H groups in total. The van der Waals surface area contributed by atoms with Crippen LogP contribution in [0.4, 0.5) is 13.2 Å². The van der Waals surface area contributed by atoms with E-state index in [0.29, 0.717) is 30.2 Å². The van der Waals surface area contributed by atoms with Crippen LogP contribution < -0.4 is 5.32 Å². The number of amides is 1. The first-order chi connectivity index (χ1) is 16.7. The van der Waals surface area contributed by atoms with E-state index in [0.717, 1.165) is 51.4 Å². The fraction of sp³-hybridized carbons (Fsp3) is 0.560. The van der Waals surface area contributed by atoms with Crippen molar-refractivity contribution >= 4 is 32.8 Å². The normalized spacial score (nSPS) is 18.2. The van der Waals surface area contributed by atoms with Gasteiger partial charge in [-0.1, -0.05) is 19.3 Å². The standard InChI is InChI=1S/C25H27BrF3N3O3/c1-14-31-32-19(34-14)6-5-11-24(9-3-2-4-10-24)30-23(33)22-20(26)17-12-16(15-7-8-15)13-18(21(17)35-22)25(27,28)29/h12-13,15H,2-11H2,1H3,(H,30,33). The van der Waals surface area contributed by atoms with Crippen molar-refractivity contribution in [2.45, 2.75) is 88.8 Å². The number of halogens is 4. The van der Waals surface area contributed by atoms with E-state index >= 15 is 0 Å². The van der Waals surface area contributed by atoms with Gasteiger partial charge >= 0.3 is 6.18 Å². The van der Waals surface area contributed by atoms with Gasteiger partial charge in [-0.05, 0) is 78.1 Å². The molecule has 10 heteroatoms. The Morgan fingerprint density at radius 2 is 1.91 bits per heavy atom. The van der Waals surface area contributed by atoms with E-state index in [2.05, 4.69) is 31.4 Å². The second-order valence-corrected chi connectivity index (χ2v) is 10.6. The predicted molar refractivity (Wildman–Crippen MR) is 126 cm³/mol. The van der Waals surface area contributed by atoms with Crippen LogP contribution in [0.2, 0.25) is 0 Å². The lowest BCUT2D eigenvalue weighted by Gasteiger charge is -2.38. The third-order valence-corrected chi connectivity index (χ3v) is 7.90. The Labute approximate surface area is 209 Å². The number of carbonyl (C=O) groups excluding carboxylic acids is 1. The fourth-order valence-corrected chi connectivity index (χ4v) is 5.74. The zero-order valence-electron chi connectivity index (χ0n) is 19.4. The van der Waals surface area contributed by atoms with Crippen molar-refractivity contribution < 1.29 is 26.8 Å². The predicted octanol–water partition coefficient (Wildman–Crippen LogP) is 7.24. The molecule has 1 aromatic carbocycles. The molecule has 0 radical (unpaired) electrons. The number of rotatable bonds is 7. The van der Waals surface area contributed by atoms with Gasteiger partial charge in [0.2, 0.25) is 17.5 Å². The maximum Gasteiger partial charge on any atom is 0.420 e. The summed E-state index contributed by atoms with van der Waals surface area (Å²) in [6, 6.07) is 2.88. The van der Waals surface area contributed by atoms with Gasteiger partial charge in [-0.25, -0.2) is 0 Å². The van der Waals surface area contributed by atoms with E-state index in [1.54, 1.807) is 13.0 Å². The van der Waals surface area contributed by atoms with Gasteiger partial charge in [0.1, 0.15) is 5.58 Å². The molecular formula is C25H27BrF3N3O3. The van der Waals surface area contributed by atoms with Crippen LogP contribution in [0.1, 0.15) is 97.2 Å². The van der Waals surface area contributed by atoms with Crippen LogP contribution in [0.3, 0.4) is 0 Å². The van der Waals surface area contributed by atoms with Crippen molar-refractivity contribution in [2.75, 3.05) is 0 Å². The maximum atomic E-state index is 13.8. The number of fused-ring (bicyclic) bond motifs is 1. The molecule has 1 amide bonds. The molecule has 2 saturated carbocycles. The molecule has 2 fully saturated rings. The smallest absolute Gasteiger partial charge is 0.420 e. The molecule has 35 heavy (non-hydrogen) atoms. The summed E-state index contributed by atoms with van der Waals surface area (Å²) >= 11 is 3.38. The highest BCUT2D eigenvalue weighted by Gasteiger charge is 2.39. The first kappa shape index (κ1) is 24.3.